The zero-order chi connectivity index (χ0) is 14.5. The van der Waals surface area contributed by atoms with E-state index in [1.807, 2.05) is 0 Å². The minimum Gasteiger partial charge on any atom is -0.480 e. The maximum absolute atomic E-state index is 11.4. The van der Waals surface area contributed by atoms with Crippen molar-refractivity contribution in [3.63, 3.8) is 0 Å². The Labute approximate surface area is 110 Å². The molecule has 1 aromatic rings. The highest BCUT2D eigenvalue weighted by atomic mass is 32.2. The van der Waals surface area contributed by atoms with Crippen molar-refractivity contribution in [1.82, 2.24) is 5.32 Å². The van der Waals surface area contributed by atoms with Crippen molar-refractivity contribution in [1.29, 1.82) is 0 Å². The molecule has 0 heterocycles. The fraction of sp³-hybridized carbons (Fsp3) is 0.273. The highest BCUT2D eigenvalue weighted by molar-refractivity contribution is 7.92. The van der Waals surface area contributed by atoms with Gasteiger partial charge in [-0.3, -0.25) is 14.3 Å². The Bertz CT molecular complexity index is 583. The molecule has 7 nitrogen and oxygen atoms in total. The summed E-state index contributed by atoms with van der Waals surface area (Å²) in [5, 5.41) is 10.6. The van der Waals surface area contributed by atoms with Crippen molar-refractivity contribution in [2.75, 3.05) is 17.5 Å². The highest BCUT2D eigenvalue weighted by Gasteiger charge is 2.07. The summed E-state index contributed by atoms with van der Waals surface area (Å²) in [5.41, 5.74) is 0.933. The first kappa shape index (κ1) is 15.0. The second kappa shape index (κ2) is 6.19. The average molecular weight is 286 g/mol. The van der Waals surface area contributed by atoms with Gasteiger partial charge in [-0.1, -0.05) is 12.1 Å². The summed E-state index contributed by atoms with van der Waals surface area (Å²) in [4.78, 5) is 21.7. The number of carboxylic acids is 1. The number of carbonyl (C=O) groups is 2. The van der Waals surface area contributed by atoms with Crippen LogP contribution < -0.4 is 10.0 Å². The van der Waals surface area contributed by atoms with E-state index < -0.39 is 28.4 Å². The van der Waals surface area contributed by atoms with Gasteiger partial charge in [-0.25, -0.2) is 8.42 Å². The number of hydrogen-bond acceptors (Lipinski definition) is 4. The largest absolute Gasteiger partial charge is 0.480 e. The van der Waals surface area contributed by atoms with Crippen molar-refractivity contribution in [3.05, 3.63) is 29.8 Å². The molecule has 0 saturated carbocycles. The normalized spacial score (nSPS) is 10.8. The first-order valence-electron chi connectivity index (χ1n) is 5.31. The summed E-state index contributed by atoms with van der Waals surface area (Å²) in [5.74, 6) is -1.57. The van der Waals surface area contributed by atoms with Crippen molar-refractivity contribution in [3.8, 4) is 0 Å². The van der Waals surface area contributed by atoms with Gasteiger partial charge >= 0.3 is 5.97 Å². The molecule has 0 aliphatic carbocycles. The molecule has 1 rings (SSSR count). The van der Waals surface area contributed by atoms with E-state index in [0.717, 1.165) is 6.26 Å². The van der Waals surface area contributed by atoms with Crippen LogP contribution in [-0.2, 0) is 26.0 Å². The van der Waals surface area contributed by atoms with Gasteiger partial charge in [-0.2, -0.15) is 0 Å². The monoisotopic (exact) mass is 286 g/mol. The van der Waals surface area contributed by atoms with Gasteiger partial charge in [0, 0.05) is 5.69 Å². The average Bonchev–Trinajstić information content (AvgIpc) is 2.24. The zero-order valence-electron chi connectivity index (χ0n) is 10.2. The van der Waals surface area contributed by atoms with E-state index in [2.05, 4.69) is 10.0 Å². The van der Waals surface area contributed by atoms with Gasteiger partial charge in [0.25, 0.3) is 0 Å². The number of carboxylic acid groups (broad SMARTS) is 1. The predicted octanol–water partition coefficient (Wildman–Crippen LogP) is -0.199. The molecular formula is C11H14N2O5S. The lowest BCUT2D eigenvalue weighted by molar-refractivity contribution is -0.137. The van der Waals surface area contributed by atoms with Gasteiger partial charge < -0.3 is 10.4 Å². The Morgan fingerprint density at radius 2 is 2.00 bits per heavy atom. The smallest absolute Gasteiger partial charge is 0.322 e. The number of benzene rings is 1. The molecule has 0 aliphatic rings. The maximum Gasteiger partial charge on any atom is 0.322 e. The molecule has 0 unspecified atom stereocenters. The topological polar surface area (TPSA) is 113 Å². The highest BCUT2D eigenvalue weighted by Crippen LogP contribution is 2.12. The van der Waals surface area contributed by atoms with Crippen molar-refractivity contribution in [2.24, 2.45) is 0 Å². The Balaban J connectivity index is 2.67. The van der Waals surface area contributed by atoms with E-state index in [-0.39, 0.29) is 6.42 Å². The molecule has 0 saturated heterocycles. The fourth-order valence-corrected chi connectivity index (χ4v) is 1.94. The molecule has 19 heavy (non-hydrogen) atoms. The molecule has 0 bridgehead atoms. The lowest BCUT2D eigenvalue weighted by Gasteiger charge is -2.06. The number of aliphatic carboxylic acids is 1. The van der Waals surface area contributed by atoms with Crippen LogP contribution in [0.15, 0.2) is 24.3 Å². The summed E-state index contributed by atoms with van der Waals surface area (Å²) in [6.45, 7) is -0.444. The molecule has 1 aromatic carbocycles. The minimum atomic E-state index is -3.37. The summed E-state index contributed by atoms with van der Waals surface area (Å²) >= 11 is 0. The fourth-order valence-electron chi connectivity index (χ4n) is 1.38. The number of nitrogens with one attached hydrogen (secondary N) is 2. The van der Waals surface area contributed by atoms with Crippen molar-refractivity contribution < 1.29 is 23.1 Å². The molecular weight excluding hydrogens is 272 g/mol. The summed E-state index contributed by atoms with van der Waals surface area (Å²) in [7, 11) is -3.37. The third-order valence-corrected chi connectivity index (χ3v) is 2.64. The number of rotatable bonds is 6. The molecule has 0 atom stereocenters. The zero-order valence-corrected chi connectivity index (χ0v) is 11.0. The minimum absolute atomic E-state index is 0.0213. The molecule has 0 fully saturated rings. The van der Waals surface area contributed by atoms with Gasteiger partial charge in [-0.05, 0) is 17.7 Å². The van der Waals surface area contributed by atoms with Crippen LogP contribution in [0, 0.1) is 0 Å². The molecule has 0 radical (unpaired) electrons. The third-order valence-electron chi connectivity index (χ3n) is 2.03. The van der Waals surface area contributed by atoms with Crippen LogP contribution in [0.2, 0.25) is 0 Å². The number of hydrogen-bond donors (Lipinski definition) is 3. The van der Waals surface area contributed by atoms with E-state index in [1.165, 1.54) is 6.07 Å². The van der Waals surface area contributed by atoms with Gasteiger partial charge in [0.1, 0.15) is 6.54 Å². The lowest BCUT2D eigenvalue weighted by atomic mass is 10.1. The van der Waals surface area contributed by atoms with Crippen LogP contribution in [-0.4, -0.2) is 38.2 Å². The number of carbonyl (C=O) groups excluding carboxylic acids is 1. The van der Waals surface area contributed by atoms with E-state index in [9.17, 15) is 18.0 Å². The second-order valence-electron chi connectivity index (χ2n) is 3.92. The Morgan fingerprint density at radius 1 is 1.32 bits per heavy atom. The van der Waals surface area contributed by atoms with Gasteiger partial charge in [-0.15, -0.1) is 0 Å². The van der Waals surface area contributed by atoms with Crippen LogP contribution in [0.5, 0.6) is 0 Å². The number of anilines is 1. The van der Waals surface area contributed by atoms with E-state index >= 15 is 0 Å². The van der Waals surface area contributed by atoms with Crippen LogP contribution in [0.25, 0.3) is 0 Å². The van der Waals surface area contributed by atoms with E-state index in [1.54, 1.807) is 18.2 Å². The second-order valence-corrected chi connectivity index (χ2v) is 5.67. The lowest BCUT2D eigenvalue weighted by Crippen LogP contribution is -2.30. The Hall–Kier alpha value is -2.09. The van der Waals surface area contributed by atoms with E-state index in [4.69, 9.17) is 5.11 Å². The van der Waals surface area contributed by atoms with E-state index in [0.29, 0.717) is 11.3 Å². The van der Waals surface area contributed by atoms with Crippen molar-refractivity contribution in [2.45, 2.75) is 6.42 Å². The van der Waals surface area contributed by atoms with Crippen LogP contribution in [0.4, 0.5) is 5.69 Å². The van der Waals surface area contributed by atoms with Gasteiger partial charge in [0.15, 0.2) is 0 Å². The quantitative estimate of drug-likeness (QED) is 0.670. The summed E-state index contributed by atoms with van der Waals surface area (Å²) in [6, 6.07) is 6.32. The van der Waals surface area contributed by atoms with Crippen molar-refractivity contribution >= 4 is 27.6 Å². The third kappa shape index (κ3) is 6.41. The molecule has 8 heteroatoms. The molecule has 104 valence electrons. The molecule has 0 aromatic heterocycles. The standard InChI is InChI=1S/C11H14N2O5S/c1-19(17,18)13-9-4-2-3-8(5-9)6-10(14)12-7-11(15)16/h2-5,13H,6-7H2,1H3,(H,12,14)(H,15,16). The van der Waals surface area contributed by atoms with Crippen LogP contribution in [0.3, 0.4) is 0 Å². The maximum atomic E-state index is 11.4. The predicted molar refractivity (Wildman–Crippen MR) is 69.3 cm³/mol. The first-order chi connectivity index (χ1) is 8.76. The van der Waals surface area contributed by atoms with Gasteiger partial charge in [0.05, 0.1) is 12.7 Å². The molecule has 3 N–H and O–H groups in total. The Kier molecular flexibility index (Phi) is 4.87. The summed E-state index contributed by atoms with van der Waals surface area (Å²) in [6.07, 6.45) is 1.01. The SMILES string of the molecule is CS(=O)(=O)Nc1cccc(CC(=O)NCC(=O)O)c1. The first-order valence-corrected chi connectivity index (χ1v) is 7.20. The molecule has 0 aliphatic heterocycles. The van der Waals surface area contributed by atoms with Gasteiger partial charge in [0.2, 0.25) is 15.9 Å². The molecule has 1 amide bonds. The Morgan fingerprint density at radius 3 is 2.58 bits per heavy atom. The number of sulfonamides is 1. The van der Waals surface area contributed by atoms with Crippen LogP contribution >= 0.6 is 0 Å². The van der Waals surface area contributed by atoms with Crippen LogP contribution in [0.1, 0.15) is 5.56 Å². The molecule has 0 spiro atoms. The summed E-state index contributed by atoms with van der Waals surface area (Å²) < 4.78 is 24.4. The number of amides is 1.